The third kappa shape index (κ3) is 7.97. The summed E-state index contributed by atoms with van der Waals surface area (Å²) in [6.45, 7) is 7.47. The fourth-order valence-electron chi connectivity index (χ4n) is 5.44. The number of hydrogen-bond acceptors (Lipinski definition) is 5. The van der Waals surface area contributed by atoms with Crippen LogP contribution in [0.4, 0.5) is 4.79 Å². The summed E-state index contributed by atoms with van der Waals surface area (Å²) in [5.41, 5.74) is 2.40. The van der Waals surface area contributed by atoms with E-state index in [4.69, 9.17) is 9.47 Å². The number of amides is 2. The standard InChI is InChI=1S/C31H42BrN3O5/c1-31(2,3)40-30(38)34-13-11-26(23-10-12-33(4)28(36)18-23)27(20-34)29(37)35(25-8-9-25)19-22-15-21(7-6-14-39-5)16-24(32)17-22/h10,12,15-18,25-27H,6-9,11,13-14,19-20H2,1-5H3/t26-,27+/m0/s1. The summed E-state index contributed by atoms with van der Waals surface area (Å²) in [6.07, 6.45) is 5.71. The molecule has 1 aromatic heterocycles. The summed E-state index contributed by atoms with van der Waals surface area (Å²) in [4.78, 5) is 43.6. The Kier molecular flexibility index (Phi) is 9.77. The zero-order chi connectivity index (χ0) is 29.0. The maximum atomic E-state index is 14.4. The van der Waals surface area contributed by atoms with Crippen molar-refractivity contribution >= 4 is 27.9 Å². The summed E-state index contributed by atoms with van der Waals surface area (Å²) in [7, 11) is 3.43. The van der Waals surface area contributed by atoms with Crippen LogP contribution in [0.1, 0.15) is 69.1 Å². The Morgan fingerprint density at radius 3 is 2.48 bits per heavy atom. The van der Waals surface area contributed by atoms with Crippen molar-refractivity contribution in [3.8, 4) is 0 Å². The molecule has 8 nitrogen and oxygen atoms in total. The first-order valence-corrected chi connectivity index (χ1v) is 15.0. The first-order valence-electron chi connectivity index (χ1n) is 14.2. The van der Waals surface area contributed by atoms with E-state index in [0.29, 0.717) is 26.1 Å². The molecule has 0 unspecified atom stereocenters. The molecule has 4 rings (SSSR count). The summed E-state index contributed by atoms with van der Waals surface area (Å²) in [5.74, 6) is -0.599. The van der Waals surface area contributed by atoms with Crippen LogP contribution in [-0.4, -0.2) is 64.8 Å². The van der Waals surface area contributed by atoms with E-state index in [-0.39, 0.29) is 30.0 Å². The lowest BCUT2D eigenvalue weighted by atomic mass is 9.79. The van der Waals surface area contributed by atoms with Crippen molar-refractivity contribution in [1.82, 2.24) is 14.4 Å². The molecule has 2 aliphatic rings. The third-order valence-electron chi connectivity index (χ3n) is 7.59. The predicted octanol–water partition coefficient (Wildman–Crippen LogP) is 5.26. The highest BCUT2D eigenvalue weighted by atomic mass is 79.9. The fourth-order valence-corrected chi connectivity index (χ4v) is 6.03. The van der Waals surface area contributed by atoms with E-state index in [9.17, 15) is 14.4 Å². The van der Waals surface area contributed by atoms with Gasteiger partial charge >= 0.3 is 6.09 Å². The molecule has 1 saturated carbocycles. The zero-order valence-electron chi connectivity index (χ0n) is 24.3. The summed E-state index contributed by atoms with van der Waals surface area (Å²) in [5, 5.41) is 0. The van der Waals surface area contributed by atoms with Crippen LogP contribution in [-0.2, 0) is 34.3 Å². The number of piperidine rings is 1. The van der Waals surface area contributed by atoms with Crippen molar-refractivity contribution in [2.75, 3.05) is 26.8 Å². The molecule has 2 aromatic rings. The van der Waals surface area contributed by atoms with Gasteiger partial charge in [-0.15, -0.1) is 0 Å². The smallest absolute Gasteiger partial charge is 0.410 e. The predicted molar refractivity (Wildman–Crippen MR) is 158 cm³/mol. The van der Waals surface area contributed by atoms with Crippen LogP contribution in [0, 0.1) is 5.92 Å². The van der Waals surface area contributed by atoms with Crippen molar-refractivity contribution in [3.63, 3.8) is 0 Å². The molecule has 1 aliphatic carbocycles. The van der Waals surface area contributed by atoms with Gasteiger partial charge in [0.05, 0.1) is 5.92 Å². The first kappa shape index (κ1) is 30.3. The van der Waals surface area contributed by atoms with Gasteiger partial charge in [-0.25, -0.2) is 4.79 Å². The Labute approximate surface area is 245 Å². The topological polar surface area (TPSA) is 81.1 Å². The number of nitrogens with zero attached hydrogens (tertiary/aromatic N) is 3. The summed E-state index contributed by atoms with van der Waals surface area (Å²) >= 11 is 3.65. The number of aromatic nitrogens is 1. The number of methoxy groups -OCH3 is 1. The molecule has 2 heterocycles. The molecule has 9 heteroatoms. The van der Waals surface area contributed by atoms with Crippen LogP contribution in [0.15, 0.2) is 45.8 Å². The van der Waals surface area contributed by atoms with Gasteiger partial charge in [0, 0.05) is 63.2 Å². The number of benzene rings is 1. The molecule has 0 spiro atoms. The minimum absolute atomic E-state index is 0.0299. The van der Waals surface area contributed by atoms with E-state index in [1.54, 1.807) is 31.3 Å². The average molecular weight is 617 g/mol. The van der Waals surface area contributed by atoms with Gasteiger partial charge in [-0.3, -0.25) is 9.59 Å². The van der Waals surface area contributed by atoms with E-state index in [1.807, 2.05) is 31.7 Å². The number of hydrogen-bond donors (Lipinski definition) is 0. The van der Waals surface area contributed by atoms with Crippen molar-refractivity contribution in [3.05, 3.63) is 68.0 Å². The number of pyridine rings is 1. The number of aryl methyl sites for hydroxylation is 2. The zero-order valence-corrected chi connectivity index (χ0v) is 25.9. The second-order valence-electron chi connectivity index (χ2n) is 12.1. The molecule has 2 amide bonds. The third-order valence-corrected chi connectivity index (χ3v) is 8.05. The molecule has 40 heavy (non-hydrogen) atoms. The Morgan fingerprint density at radius 1 is 1.10 bits per heavy atom. The second-order valence-corrected chi connectivity index (χ2v) is 13.0. The van der Waals surface area contributed by atoms with Gasteiger partial charge in [-0.1, -0.05) is 22.0 Å². The van der Waals surface area contributed by atoms with Crippen molar-refractivity contribution < 1.29 is 19.1 Å². The highest BCUT2D eigenvalue weighted by Crippen LogP contribution is 2.38. The average Bonchev–Trinajstić information content (AvgIpc) is 3.72. The summed E-state index contributed by atoms with van der Waals surface area (Å²) in [6, 6.07) is 10.1. The lowest BCUT2D eigenvalue weighted by Gasteiger charge is -2.40. The lowest BCUT2D eigenvalue weighted by molar-refractivity contribution is -0.139. The maximum Gasteiger partial charge on any atom is 0.410 e. The number of halogens is 1. The van der Waals surface area contributed by atoms with Crippen LogP contribution in [0.5, 0.6) is 0 Å². The Morgan fingerprint density at radius 2 is 1.82 bits per heavy atom. The molecular weight excluding hydrogens is 574 g/mol. The van der Waals surface area contributed by atoms with Crippen LogP contribution in [0.3, 0.4) is 0 Å². The molecule has 1 aromatic carbocycles. The Balaban J connectivity index is 1.61. The van der Waals surface area contributed by atoms with Gasteiger partial charge in [-0.05, 0) is 93.7 Å². The molecule has 1 saturated heterocycles. The monoisotopic (exact) mass is 615 g/mol. The highest BCUT2D eigenvalue weighted by Gasteiger charge is 2.43. The second kappa shape index (κ2) is 12.9. The highest BCUT2D eigenvalue weighted by molar-refractivity contribution is 9.10. The molecule has 1 aliphatic heterocycles. The fraction of sp³-hybridized carbons (Fsp3) is 0.581. The van der Waals surface area contributed by atoms with E-state index in [1.165, 1.54) is 10.1 Å². The quantitative estimate of drug-likeness (QED) is 0.360. The van der Waals surface area contributed by atoms with E-state index >= 15 is 0 Å². The molecule has 2 atom stereocenters. The van der Waals surface area contributed by atoms with Gasteiger partial charge in [0.25, 0.3) is 5.56 Å². The van der Waals surface area contributed by atoms with Gasteiger partial charge in [0.2, 0.25) is 5.91 Å². The number of ether oxygens (including phenoxy) is 2. The van der Waals surface area contributed by atoms with E-state index in [2.05, 4.69) is 34.1 Å². The first-order chi connectivity index (χ1) is 18.9. The Bertz CT molecular complexity index is 1270. The van der Waals surface area contributed by atoms with Crippen LogP contribution in [0.2, 0.25) is 0 Å². The minimum Gasteiger partial charge on any atom is -0.444 e. The van der Waals surface area contributed by atoms with Gasteiger partial charge in [-0.2, -0.15) is 0 Å². The van der Waals surface area contributed by atoms with Gasteiger partial charge in [0.15, 0.2) is 0 Å². The molecule has 2 fully saturated rings. The molecule has 218 valence electrons. The number of carbonyl (C=O) groups is 2. The van der Waals surface area contributed by atoms with Gasteiger partial charge < -0.3 is 23.8 Å². The largest absolute Gasteiger partial charge is 0.444 e. The van der Waals surface area contributed by atoms with Crippen LogP contribution < -0.4 is 5.56 Å². The number of likely N-dealkylation sites (tertiary alicyclic amines) is 1. The molecule has 0 N–H and O–H groups in total. The number of carbonyl (C=O) groups excluding carboxylic acids is 2. The lowest BCUT2D eigenvalue weighted by Crippen LogP contribution is -2.51. The van der Waals surface area contributed by atoms with E-state index in [0.717, 1.165) is 41.3 Å². The van der Waals surface area contributed by atoms with Crippen LogP contribution >= 0.6 is 15.9 Å². The van der Waals surface area contributed by atoms with Crippen molar-refractivity contribution in [1.29, 1.82) is 0 Å². The Hall–Kier alpha value is -2.65. The minimum atomic E-state index is -0.624. The normalized spacial score (nSPS) is 19.4. The summed E-state index contributed by atoms with van der Waals surface area (Å²) < 4.78 is 13.4. The molecule has 0 bridgehead atoms. The van der Waals surface area contributed by atoms with Gasteiger partial charge in [0.1, 0.15) is 5.60 Å². The van der Waals surface area contributed by atoms with Crippen LogP contribution in [0.25, 0.3) is 0 Å². The SMILES string of the molecule is COCCCc1cc(Br)cc(CN(C(=O)[C@@H]2CN(C(=O)OC(C)(C)C)CC[C@H]2c2ccn(C)c(=O)c2)C2CC2)c1. The van der Waals surface area contributed by atoms with Crippen molar-refractivity contribution in [2.45, 2.75) is 77.0 Å². The maximum absolute atomic E-state index is 14.4. The molecular formula is C31H42BrN3O5. The van der Waals surface area contributed by atoms with E-state index < -0.39 is 17.6 Å². The van der Waals surface area contributed by atoms with Crippen molar-refractivity contribution in [2.24, 2.45) is 13.0 Å². The molecule has 0 radical (unpaired) electrons. The number of rotatable bonds is 9.